The van der Waals surface area contributed by atoms with Crippen LogP contribution in [0.5, 0.6) is 0 Å². The SMILES string of the molecule is CCCOC1CCCN(c2ccc(CBr)c(C)c2)C1. The van der Waals surface area contributed by atoms with Crippen molar-refractivity contribution in [2.24, 2.45) is 0 Å². The maximum Gasteiger partial charge on any atom is 0.0750 e. The largest absolute Gasteiger partial charge is 0.376 e. The van der Waals surface area contributed by atoms with Crippen LogP contribution in [-0.4, -0.2) is 25.8 Å². The summed E-state index contributed by atoms with van der Waals surface area (Å²) in [5.41, 5.74) is 4.08. The van der Waals surface area contributed by atoms with E-state index in [0.29, 0.717) is 6.10 Å². The third-order valence-electron chi connectivity index (χ3n) is 3.77. The lowest BCUT2D eigenvalue weighted by atomic mass is 10.0. The summed E-state index contributed by atoms with van der Waals surface area (Å²) in [6, 6.07) is 6.78. The van der Waals surface area contributed by atoms with Crippen molar-refractivity contribution in [3.63, 3.8) is 0 Å². The van der Waals surface area contributed by atoms with E-state index in [2.05, 4.69) is 52.9 Å². The molecule has 1 atom stereocenters. The molecule has 0 aliphatic carbocycles. The zero-order valence-corrected chi connectivity index (χ0v) is 13.6. The number of rotatable bonds is 5. The number of piperidine rings is 1. The zero-order valence-electron chi connectivity index (χ0n) is 12.0. The van der Waals surface area contributed by atoms with Gasteiger partial charge in [0.05, 0.1) is 6.10 Å². The van der Waals surface area contributed by atoms with Gasteiger partial charge in [0.2, 0.25) is 0 Å². The molecule has 106 valence electrons. The van der Waals surface area contributed by atoms with Crippen molar-refractivity contribution in [3.05, 3.63) is 29.3 Å². The predicted octanol–water partition coefficient (Wildman–Crippen LogP) is 4.29. The number of aryl methyl sites for hydroxylation is 1. The van der Waals surface area contributed by atoms with Gasteiger partial charge in [0.15, 0.2) is 0 Å². The highest BCUT2D eigenvalue weighted by molar-refractivity contribution is 9.08. The van der Waals surface area contributed by atoms with Gasteiger partial charge in [-0.15, -0.1) is 0 Å². The van der Waals surface area contributed by atoms with Crippen LogP contribution in [0.2, 0.25) is 0 Å². The Morgan fingerprint density at radius 3 is 2.95 bits per heavy atom. The highest BCUT2D eigenvalue weighted by Gasteiger charge is 2.20. The molecule has 1 heterocycles. The summed E-state index contributed by atoms with van der Waals surface area (Å²) >= 11 is 3.53. The maximum absolute atomic E-state index is 5.91. The van der Waals surface area contributed by atoms with Crippen molar-refractivity contribution in [1.29, 1.82) is 0 Å². The number of ether oxygens (including phenoxy) is 1. The molecule has 2 rings (SSSR count). The summed E-state index contributed by atoms with van der Waals surface area (Å²) < 4.78 is 5.91. The van der Waals surface area contributed by atoms with Gasteiger partial charge >= 0.3 is 0 Å². The Morgan fingerprint density at radius 1 is 1.42 bits per heavy atom. The van der Waals surface area contributed by atoms with Gasteiger partial charge in [0.1, 0.15) is 0 Å². The molecule has 1 aliphatic heterocycles. The van der Waals surface area contributed by atoms with Gasteiger partial charge in [-0.3, -0.25) is 0 Å². The van der Waals surface area contributed by atoms with Gasteiger partial charge < -0.3 is 9.64 Å². The average Bonchev–Trinajstić information content (AvgIpc) is 2.45. The number of halogens is 1. The van der Waals surface area contributed by atoms with Gasteiger partial charge in [-0.05, 0) is 49.4 Å². The number of alkyl halides is 1. The van der Waals surface area contributed by atoms with Crippen molar-refractivity contribution in [1.82, 2.24) is 0 Å². The zero-order chi connectivity index (χ0) is 13.7. The monoisotopic (exact) mass is 325 g/mol. The fourth-order valence-corrected chi connectivity index (χ4v) is 3.25. The molecule has 1 saturated heterocycles. The molecular weight excluding hydrogens is 302 g/mol. The Balaban J connectivity index is 2.02. The van der Waals surface area contributed by atoms with Crippen LogP contribution >= 0.6 is 15.9 Å². The van der Waals surface area contributed by atoms with Crippen LogP contribution < -0.4 is 4.90 Å². The molecular formula is C16H24BrNO. The molecule has 0 saturated carbocycles. The van der Waals surface area contributed by atoms with Gasteiger partial charge in [-0.1, -0.05) is 28.9 Å². The van der Waals surface area contributed by atoms with Gasteiger partial charge in [0.25, 0.3) is 0 Å². The first-order valence-corrected chi connectivity index (χ1v) is 8.38. The van der Waals surface area contributed by atoms with E-state index in [1.54, 1.807) is 0 Å². The van der Waals surface area contributed by atoms with Gasteiger partial charge in [0, 0.05) is 30.7 Å². The van der Waals surface area contributed by atoms with Gasteiger partial charge in [-0.25, -0.2) is 0 Å². The van der Waals surface area contributed by atoms with E-state index < -0.39 is 0 Å². The molecule has 1 aromatic carbocycles. The molecule has 0 N–H and O–H groups in total. The Morgan fingerprint density at radius 2 is 2.26 bits per heavy atom. The first-order valence-electron chi connectivity index (χ1n) is 7.26. The number of anilines is 1. The van der Waals surface area contributed by atoms with Crippen LogP contribution in [0.1, 0.15) is 37.3 Å². The molecule has 3 heteroatoms. The van der Waals surface area contributed by atoms with E-state index in [-0.39, 0.29) is 0 Å². The second-order valence-electron chi connectivity index (χ2n) is 5.33. The summed E-state index contributed by atoms with van der Waals surface area (Å²) in [5.74, 6) is 0. The van der Waals surface area contributed by atoms with E-state index in [1.165, 1.54) is 29.7 Å². The number of hydrogen-bond acceptors (Lipinski definition) is 2. The summed E-state index contributed by atoms with van der Waals surface area (Å²) in [5, 5.41) is 0.932. The van der Waals surface area contributed by atoms with E-state index in [4.69, 9.17) is 4.74 Å². The molecule has 1 aliphatic rings. The molecule has 1 aromatic rings. The van der Waals surface area contributed by atoms with Crippen LogP contribution in [0.4, 0.5) is 5.69 Å². The molecule has 0 radical (unpaired) electrons. The van der Waals surface area contributed by atoms with Crippen LogP contribution in [0.3, 0.4) is 0 Å². The van der Waals surface area contributed by atoms with Crippen molar-refractivity contribution < 1.29 is 4.74 Å². The quantitative estimate of drug-likeness (QED) is 0.749. The van der Waals surface area contributed by atoms with E-state index in [0.717, 1.165) is 31.4 Å². The Kier molecular flexibility index (Phi) is 5.71. The second kappa shape index (κ2) is 7.30. The van der Waals surface area contributed by atoms with Crippen molar-refractivity contribution in [2.75, 3.05) is 24.6 Å². The number of hydrogen-bond donors (Lipinski definition) is 0. The normalized spacial score (nSPS) is 19.7. The summed E-state index contributed by atoms with van der Waals surface area (Å²) in [6.07, 6.45) is 3.95. The predicted molar refractivity (Wildman–Crippen MR) is 85.3 cm³/mol. The first-order chi connectivity index (χ1) is 9.24. The van der Waals surface area contributed by atoms with Crippen molar-refractivity contribution in [2.45, 2.75) is 44.5 Å². The number of nitrogens with zero attached hydrogens (tertiary/aromatic N) is 1. The fraction of sp³-hybridized carbons (Fsp3) is 0.625. The summed E-state index contributed by atoms with van der Waals surface area (Å²) in [4.78, 5) is 2.47. The lowest BCUT2D eigenvalue weighted by Gasteiger charge is -2.34. The minimum atomic E-state index is 0.407. The average molecular weight is 326 g/mol. The summed E-state index contributed by atoms with van der Waals surface area (Å²) in [7, 11) is 0. The Hall–Kier alpha value is -0.540. The smallest absolute Gasteiger partial charge is 0.0750 e. The Bertz CT molecular complexity index is 408. The van der Waals surface area contributed by atoms with Crippen LogP contribution in [0.15, 0.2) is 18.2 Å². The number of benzene rings is 1. The molecule has 0 bridgehead atoms. The third-order valence-corrected chi connectivity index (χ3v) is 4.38. The first kappa shape index (κ1) is 14.9. The standard InChI is InChI=1S/C16H24BrNO/c1-3-9-19-16-5-4-8-18(12-16)15-7-6-14(11-17)13(2)10-15/h6-7,10,16H,3-5,8-9,11-12H2,1-2H3. The maximum atomic E-state index is 5.91. The molecule has 1 unspecified atom stereocenters. The minimum Gasteiger partial charge on any atom is -0.376 e. The molecule has 0 spiro atoms. The second-order valence-corrected chi connectivity index (χ2v) is 5.89. The minimum absolute atomic E-state index is 0.407. The molecule has 19 heavy (non-hydrogen) atoms. The van der Waals surface area contributed by atoms with Gasteiger partial charge in [-0.2, -0.15) is 0 Å². The molecule has 2 nitrogen and oxygen atoms in total. The highest BCUT2D eigenvalue weighted by atomic mass is 79.9. The summed E-state index contributed by atoms with van der Waals surface area (Å²) in [6.45, 7) is 7.43. The van der Waals surface area contributed by atoms with E-state index >= 15 is 0 Å². The molecule has 1 fully saturated rings. The highest BCUT2D eigenvalue weighted by Crippen LogP contribution is 2.24. The topological polar surface area (TPSA) is 12.5 Å². The third kappa shape index (κ3) is 3.96. The van der Waals surface area contributed by atoms with Crippen LogP contribution in [0.25, 0.3) is 0 Å². The fourth-order valence-electron chi connectivity index (χ4n) is 2.62. The van der Waals surface area contributed by atoms with Crippen LogP contribution in [0, 0.1) is 6.92 Å². The van der Waals surface area contributed by atoms with Crippen molar-refractivity contribution in [3.8, 4) is 0 Å². The molecule has 0 amide bonds. The lowest BCUT2D eigenvalue weighted by Crippen LogP contribution is -2.39. The molecule has 0 aromatic heterocycles. The van der Waals surface area contributed by atoms with Crippen LogP contribution in [-0.2, 0) is 10.1 Å². The van der Waals surface area contributed by atoms with E-state index in [1.807, 2.05) is 0 Å². The van der Waals surface area contributed by atoms with Crippen molar-refractivity contribution >= 4 is 21.6 Å². The lowest BCUT2D eigenvalue weighted by molar-refractivity contribution is 0.0440. The van der Waals surface area contributed by atoms with E-state index in [9.17, 15) is 0 Å². The Labute approximate surface area is 125 Å².